The molecule has 0 aliphatic rings. The van der Waals surface area contributed by atoms with Gasteiger partial charge in [-0.2, -0.15) is 15.5 Å². The van der Waals surface area contributed by atoms with Crippen molar-refractivity contribution in [3.8, 4) is 17.5 Å². The van der Waals surface area contributed by atoms with Crippen LogP contribution in [0.4, 0.5) is 0 Å². The fourth-order valence-corrected chi connectivity index (χ4v) is 2.87. The van der Waals surface area contributed by atoms with E-state index in [4.69, 9.17) is 10.00 Å². The Labute approximate surface area is 165 Å². The number of nitriles is 1. The van der Waals surface area contributed by atoms with Crippen molar-refractivity contribution in [3.63, 3.8) is 0 Å². The van der Waals surface area contributed by atoms with Gasteiger partial charge in [0.1, 0.15) is 18.5 Å². The number of hydrogen-bond donors (Lipinski definition) is 1. The summed E-state index contributed by atoms with van der Waals surface area (Å²) in [5, 5.41) is 28.2. The van der Waals surface area contributed by atoms with Crippen LogP contribution in [0.25, 0.3) is 16.6 Å². The number of benzene rings is 2. The number of nitrogens with zero attached hydrogens (tertiary/aromatic N) is 5. The van der Waals surface area contributed by atoms with Crippen LogP contribution in [-0.2, 0) is 6.54 Å². The summed E-state index contributed by atoms with van der Waals surface area (Å²) in [5.41, 5.74) is 1.26. The standard InChI is InChI=1S/C21H17N5O3/c22-10-15-6-8-19(9-7-15)29-14-18(27)13-26-21(28)20-16(11-23-26)12-25(24-20)17-4-2-1-3-5-17/h1-9,11-12,18,27H,13-14H2. The van der Waals surface area contributed by atoms with E-state index in [9.17, 15) is 9.90 Å². The fourth-order valence-electron chi connectivity index (χ4n) is 2.87. The van der Waals surface area contributed by atoms with Crippen molar-refractivity contribution in [1.82, 2.24) is 19.6 Å². The van der Waals surface area contributed by atoms with Gasteiger partial charge in [-0.3, -0.25) is 4.79 Å². The van der Waals surface area contributed by atoms with Crippen LogP contribution in [0.5, 0.6) is 5.75 Å². The molecule has 0 aliphatic heterocycles. The first-order valence-electron chi connectivity index (χ1n) is 8.96. The first-order valence-corrected chi connectivity index (χ1v) is 8.96. The van der Waals surface area contributed by atoms with Crippen LogP contribution in [-0.4, -0.2) is 37.4 Å². The molecule has 0 radical (unpaired) electrons. The normalized spacial score (nSPS) is 11.9. The van der Waals surface area contributed by atoms with E-state index in [1.54, 1.807) is 41.3 Å². The number of para-hydroxylation sites is 1. The first kappa shape index (κ1) is 18.4. The molecule has 0 bridgehead atoms. The fraction of sp³-hybridized carbons (Fsp3) is 0.143. The lowest BCUT2D eigenvalue weighted by atomic mass is 10.2. The molecule has 1 atom stereocenters. The van der Waals surface area contributed by atoms with Crippen molar-refractivity contribution in [2.75, 3.05) is 6.61 Å². The highest BCUT2D eigenvalue weighted by Crippen LogP contribution is 2.13. The summed E-state index contributed by atoms with van der Waals surface area (Å²) in [6.07, 6.45) is 2.36. The molecule has 1 N–H and O–H groups in total. The van der Waals surface area contributed by atoms with Crippen molar-refractivity contribution in [2.24, 2.45) is 0 Å². The van der Waals surface area contributed by atoms with Crippen LogP contribution < -0.4 is 10.3 Å². The molecule has 8 heteroatoms. The SMILES string of the molecule is N#Cc1ccc(OCC(O)Cn2ncc3cn(-c4ccccc4)nc3c2=O)cc1. The molecule has 1 unspecified atom stereocenters. The maximum atomic E-state index is 12.7. The van der Waals surface area contributed by atoms with Gasteiger partial charge < -0.3 is 9.84 Å². The molecule has 4 aromatic rings. The maximum absolute atomic E-state index is 12.7. The average Bonchev–Trinajstić information content (AvgIpc) is 3.20. The molecule has 4 rings (SSSR count). The van der Waals surface area contributed by atoms with Crippen molar-refractivity contribution >= 4 is 10.9 Å². The lowest BCUT2D eigenvalue weighted by Crippen LogP contribution is -2.31. The van der Waals surface area contributed by atoms with E-state index in [2.05, 4.69) is 10.2 Å². The zero-order valence-electron chi connectivity index (χ0n) is 15.3. The van der Waals surface area contributed by atoms with Gasteiger partial charge in [-0.25, -0.2) is 9.36 Å². The minimum atomic E-state index is -0.940. The molecule has 29 heavy (non-hydrogen) atoms. The van der Waals surface area contributed by atoms with Crippen LogP contribution >= 0.6 is 0 Å². The van der Waals surface area contributed by atoms with Gasteiger partial charge in [0.05, 0.1) is 30.1 Å². The summed E-state index contributed by atoms with van der Waals surface area (Å²) in [7, 11) is 0. The number of aromatic nitrogens is 4. The van der Waals surface area contributed by atoms with Crippen LogP contribution in [0, 0.1) is 11.3 Å². The predicted octanol–water partition coefficient (Wildman–Crippen LogP) is 1.89. The number of hydrogen-bond acceptors (Lipinski definition) is 6. The molecule has 0 aliphatic carbocycles. The molecular formula is C21H17N5O3. The summed E-state index contributed by atoms with van der Waals surface area (Å²) in [5.74, 6) is 0.528. The monoisotopic (exact) mass is 387 g/mol. The Morgan fingerprint density at radius 1 is 1.14 bits per heavy atom. The van der Waals surface area contributed by atoms with Crippen LogP contribution in [0.15, 0.2) is 71.8 Å². The lowest BCUT2D eigenvalue weighted by molar-refractivity contribution is 0.0881. The molecule has 2 aromatic heterocycles. The second-order valence-corrected chi connectivity index (χ2v) is 6.45. The average molecular weight is 387 g/mol. The molecule has 2 aromatic carbocycles. The van der Waals surface area contributed by atoms with E-state index in [1.165, 1.54) is 4.68 Å². The Balaban J connectivity index is 1.48. The van der Waals surface area contributed by atoms with Crippen molar-refractivity contribution in [2.45, 2.75) is 12.6 Å². The van der Waals surface area contributed by atoms with E-state index in [0.717, 1.165) is 5.69 Å². The largest absolute Gasteiger partial charge is 0.491 e. The lowest BCUT2D eigenvalue weighted by Gasteiger charge is -2.13. The van der Waals surface area contributed by atoms with Gasteiger partial charge in [0.15, 0.2) is 5.52 Å². The summed E-state index contributed by atoms with van der Waals surface area (Å²) in [4.78, 5) is 12.7. The Kier molecular flexibility index (Phi) is 5.05. The predicted molar refractivity (Wildman–Crippen MR) is 106 cm³/mol. The van der Waals surface area contributed by atoms with Gasteiger partial charge >= 0.3 is 0 Å². The molecule has 8 nitrogen and oxygen atoms in total. The smallest absolute Gasteiger partial charge is 0.295 e. The third-order valence-electron chi connectivity index (χ3n) is 4.35. The highest BCUT2D eigenvalue weighted by Gasteiger charge is 2.13. The number of rotatable bonds is 6. The van der Waals surface area contributed by atoms with Crippen LogP contribution in [0.3, 0.4) is 0 Å². The molecule has 2 heterocycles. The van der Waals surface area contributed by atoms with E-state index < -0.39 is 6.10 Å². The van der Waals surface area contributed by atoms with Crippen molar-refractivity contribution in [1.29, 1.82) is 5.26 Å². The summed E-state index contributed by atoms with van der Waals surface area (Å²) in [6.45, 7) is -0.0419. The number of ether oxygens (including phenoxy) is 1. The molecule has 144 valence electrons. The molecule has 0 fully saturated rings. The van der Waals surface area contributed by atoms with Crippen molar-refractivity contribution in [3.05, 3.63) is 82.9 Å². The molecular weight excluding hydrogens is 370 g/mol. The summed E-state index contributed by atoms with van der Waals surface area (Å²) >= 11 is 0. The number of fused-ring (bicyclic) bond motifs is 1. The van der Waals surface area contributed by atoms with Gasteiger partial charge in [0.2, 0.25) is 0 Å². The van der Waals surface area contributed by atoms with Gasteiger partial charge in [-0.15, -0.1) is 0 Å². The van der Waals surface area contributed by atoms with E-state index in [1.807, 2.05) is 36.4 Å². The van der Waals surface area contributed by atoms with Gasteiger partial charge in [-0.1, -0.05) is 18.2 Å². The Hall–Kier alpha value is -3.96. The van der Waals surface area contributed by atoms with Gasteiger partial charge in [0.25, 0.3) is 5.56 Å². The second kappa shape index (κ2) is 7.96. The van der Waals surface area contributed by atoms with Crippen LogP contribution in [0.1, 0.15) is 5.56 Å². The van der Waals surface area contributed by atoms with Gasteiger partial charge in [0, 0.05) is 11.6 Å². The third kappa shape index (κ3) is 4.00. The minimum absolute atomic E-state index is 0.0173. The van der Waals surface area contributed by atoms with Crippen molar-refractivity contribution < 1.29 is 9.84 Å². The highest BCUT2D eigenvalue weighted by atomic mass is 16.5. The quantitative estimate of drug-likeness (QED) is 0.542. The topological polar surface area (TPSA) is 106 Å². The highest BCUT2D eigenvalue weighted by molar-refractivity contribution is 5.76. The third-order valence-corrected chi connectivity index (χ3v) is 4.35. The van der Waals surface area contributed by atoms with E-state index in [0.29, 0.717) is 16.7 Å². The number of aliphatic hydroxyl groups is 1. The zero-order valence-corrected chi connectivity index (χ0v) is 15.3. The number of aliphatic hydroxyl groups excluding tert-OH is 1. The summed E-state index contributed by atoms with van der Waals surface area (Å²) < 4.78 is 8.31. The second-order valence-electron chi connectivity index (χ2n) is 6.45. The van der Waals surface area contributed by atoms with E-state index >= 15 is 0 Å². The molecule has 0 spiro atoms. The Morgan fingerprint density at radius 2 is 1.90 bits per heavy atom. The minimum Gasteiger partial charge on any atom is -0.491 e. The first-order chi connectivity index (χ1) is 14.1. The maximum Gasteiger partial charge on any atom is 0.295 e. The molecule has 0 saturated carbocycles. The van der Waals surface area contributed by atoms with E-state index in [-0.39, 0.29) is 24.2 Å². The van der Waals surface area contributed by atoms with Gasteiger partial charge in [-0.05, 0) is 36.4 Å². The Morgan fingerprint density at radius 3 is 2.62 bits per heavy atom. The molecule has 0 amide bonds. The molecule has 0 saturated heterocycles. The zero-order chi connectivity index (χ0) is 20.2. The summed E-state index contributed by atoms with van der Waals surface area (Å²) in [6, 6.07) is 18.1. The van der Waals surface area contributed by atoms with Crippen LogP contribution in [0.2, 0.25) is 0 Å². The Bertz CT molecular complexity index is 1220.